The van der Waals surface area contributed by atoms with Crippen molar-refractivity contribution in [2.45, 2.75) is 58.6 Å². The van der Waals surface area contributed by atoms with Crippen molar-refractivity contribution < 1.29 is 5.11 Å². The Hall–Kier alpha value is -0.830. The van der Waals surface area contributed by atoms with Gasteiger partial charge >= 0.3 is 0 Å². The average molecular weight is 210 g/mol. The third-order valence-electron chi connectivity index (χ3n) is 2.72. The molecule has 1 aromatic rings. The minimum Gasteiger partial charge on any atom is -0.385 e. The highest BCUT2D eigenvalue weighted by Gasteiger charge is 2.12. The number of unbranched alkanes of at least 4 members (excludes halogenated alkanes) is 3. The summed E-state index contributed by atoms with van der Waals surface area (Å²) in [5, 5.41) is 9.94. The van der Waals surface area contributed by atoms with Gasteiger partial charge in [-0.2, -0.15) is 0 Å². The molecule has 1 N–H and O–H groups in total. The van der Waals surface area contributed by atoms with E-state index in [2.05, 4.69) is 18.8 Å². The van der Waals surface area contributed by atoms with E-state index in [1.54, 1.807) is 6.20 Å². The number of aliphatic hydroxyl groups is 1. The molecule has 0 aromatic carbocycles. The smallest absolute Gasteiger partial charge is 0.137 e. The highest BCUT2D eigenvalue weighted by atomic mass is 16.3. The second-order valence-corrected chi connectivity index (χ2v) is 3.94. The van der Waals surface area contributed by atoms with Crippen LogP contribution in [0.4, 0.5) is 0 Å². The number of hydrogen-bond donors (Lipinski definition) is 1. The van der Waals surface area contributed by atoms with Gasteiger partial charge in [-0.05, 0) is 13.3 Å². The highest BCUT2D eigenvalue weighted by molar-refractivity contribution is 4.96. The predicted octanol–water partition coefficient (Wildman–Crippen LogP) is 2.91. The van der Waals surface area contributed by atoms with E-state index in [1.165, 1.54) is 19.3 Å². The Morgan fingerprint density at radius 2 is 2.13 bits per heavy atom. The van der Waals surface area contributed by atoms with Gasteiger partial charge in [-0.1, -0.05) is 32.6 Å². The lowest BCUT2D eigenvalue weighted by molar-refractivity contribution is 0.149. The van der Waals surface area contributed by atoms with Gasteiger partial charge < -0.3 is 9.67 Å². The fraction of sp³-hybridized carbons (Fsp3) is 0.750. The lowest BCUT2D eigenvalue weighted by Crippen LogP contribution is -2.07. The SMILES string of the molecule is CCCCCCC(O)c1nccn1CC. The molecule has 3 nitrogen and oxygen atoms in total. The molecule has 86 valence electrons. The second kappa shape index (κ2) is 6.62. The van der Waals surface area contributed by atoms with Crippen molar-refractivity contribution in [1.29, 1.82) is 0 Å². The van der Waals surface area contributed by atoms with E-state index >= 15 is 0 Å². The first-order chi connectivity index (χ1) is 7.29. The van der Waals surface area contributed by atoms with Crippen molar-refractivity contribution in [3.05, 3.63) is 18.2 Å². The molecule has 0 radical (unpaired) electrons. The van der Waals surface area contributed by atoms with Crippen LogP contribution < -0.4 is 0 Å². The Balaban J connectivity index is 2.36. The van der Waals surface area contributed by atoms with Crippen LogP contribution in [0, 0.1) is 0 Å². The van der Waals surface area contributed by atoms with Crippen molar-refractivity contribution in [2.75, 3.05) is 0 Å². The van der Waals surface area contributed by atoms with Gasteiger partial charge in [-0.3, -0.25) is 0 Å². The number of nitrogens with zero attached hydrogens (tertiary/aromatic N) is 2. The van der Waals surface area contributed by atoms with E-state index in [0.29, 0.717) is 0 Å². The van der Waals surface area contributed by atoms with Gasteiger partial charge in [0.1, 0.15) is 11.9 Å². The Morgan fingerprint density at radius 1 is 1.33 bits per heavy atom. The topological polar surface area (TPSA) is 38.1 Å². The molecule has 1 unspecified atom stereocenters. The monoisotopic (exact) mass is 210 g/mol. The Bertz CT molecular complexity index is 270. The maximum atomic E-state index is 9.94. The van der Waals surface area contributed by atoms with Crippen LogP contribution in [-0.4, -0.2) is 14.7 Å². The molecule has 1 heterocycles. The van der Waals surface area contributed by atoms with Crippen LogP contribution in [-0.2, 0) is 6.54 Å². The quantitative estimate of drug-likeness (QED) is 0.703. The molecule has 0 aliphatic rings. The van der Waals surface area contributed by atoms with E-state index in [-0.39, 0.29) is 0 Å². The number of imidazole rings is 1. The molecular formula is C12H22N2O. The summed E-state index contributed by atoms with van der Waals surface area (Å²) < 4.78 is 2.00. The second-order valence-electron chi connectivity index (χ2n) is 3.94. The molecule has 0 bridgehead atoms. The van der Waals surface area contributed by atoms with Gasteiger partial charge in [0.05, 0.1) is 0 Å². The summed E-state index contributed by atoms with van der Waals surface area (Å²) in [4.78, 5) is 4.20. The summed E-state index contributed by atoms with van der Waals surface area (Å²) in [6.07, 6.45) is 8.91. The summed E-state index contributed by atoms with van der Waals surface area (Å²) in [5.74, 6) is 0.814. The summed E-state index contributed by atoms with van der Waals surface area (Å²) in [6.45, 7) is 5.14. The van der Waals surface area contributed by atoms with Gasteiger partial charge in [-0.25, -0.2) is 4.98 Å². The van der Waals surface area contributed by atoms with Gasteiger partial charge in [-0.15, -0.1) is 0 Å². The minimum atomic E-state index is -0.392. The predicted molar refractivity (Wildman–Crippen MR) is 61.6 cm³/mol. The van der Waals surface area contributed by atoms with E-state index in [4.69, 9.17) is 0 Å². The molecule has 0 saturated carbocycles. The standard InChI is InChI=1S/C12H22N2O/c1-3-5-6-7-8-11(15)12-13-9-10-14(12)4-2/h9-11,15H,3-8H2,1-2H3. The molecule has 0 saturated heterocycles. The maximum absolute atomic E-state index is 9.94. The van der Waals surface area contributed by atoms with Crippen LogP contribution >= 0.6 is 0 Å². The zero-order valence-electron chi connectivity index (χ0n) is 9.82. The Labute approximate surface area is 92.1 Å². The first-order valence-electron chi connectivity index (χ1n) is 5.98. The number of hydrogen-bond acceptors (Lipinski definition) is 2. The molecule has 0 aliphatic carbocycles. The fourth-order valence-electron chi connectivity index (χ4n) is 1.78. The number of aryl methyl sites for hydroxylation is 1. The van der Waals surface area contributed by atoms with Gasteiger partial charge in [0.25, 0.3) is 0 Å². The van der Waals surface area contributed by atoms with Gasteiger partial charge in [0.2, 0.25) is 0 Å². The summed E-state index contributed by atoms with van der Waals surface area (Å²) >= 11 is 0. The average Bonchev–Trinajstić information content (AvgIpc) is 2.72. The lowest BCUT2D eigenvalue weighted by Gasteiger charge is -2.11. The van der Waals surface area contributed by atoms with E-state index in [0.717, 1.165) is 25.2 Å². The summed E-state index contributed by atoms with van der Waals surface area (Å²) in [6, 6.07) is 0. The number of rotatable bonds is 7. The first-order valence-corrected chi connectivity index (χ1v) is 5.98. The Morgan fingerprint density at radius 3 is 2.80 bits per heavy atom. The molecule has 15 heavy (non-hydrogen) atoms. The van der Waals surface area contributed by atoms with Crippen LogP contribution in [0.1, 0.15) is 57.9 Å². The van der Waals surface area contributed by atoms with Crippen LogP contribution in [0.25, 0.3) is 0 Å². The maximum Gasteiger partial charge on any atom is 0.137 e. The van der Waals surface area contributed by atoms with Gasteiger partial charge in [0, 0.05) is 18.9 Å². The normalized spacial score (nSPS) is 13.0. The summed E-state index contributed by atoms with van der Waals surface area (Å²) in [7, 11) is 0. The summed E-state index contributed by atoms with van der Waals surface area (Å²) in [5.41, 5.74) is 0. The molecule has 3 heteroatoms. The first kappa shape index (κ1) is 12.2. The van der Waals surface area contributed by atoms with Crippen molar-refractivity contribution in [2.24, 2.45) is 0 Å². The lowest BCUT2D eigenvalue weighted by atomic mass is 10.1. The molecule has 1 rings (SSSR count). The van der Waals surface area contributed by atoms with Gasteiger partial charge in [0.15, 0.2) is 0 Å². The van der Waals surface area contributed by atoms with Crippen LogP contribution in [0.15, 0.2) is 12.4 Å². The molecule has 0 spiro atoms. The zero-order valence-corrected chi connectivity index (χ0v) is 9.82. The molecule has 1 atom stereocenters. The van der Waals surface area contributed by atoms with Crippen molar-refractivity contribution in [3.8, 4) is 0 Å². The molecule has 0 amide bonds. The molecular weight excluding hydrogens is 188 g/mol. The third kappa shape index (κ3) is 3.67. The largest absolute Gasteiger partial charge is 0.385 e. The van der Waals surface area contributed by atoms with Crippen LogP contribution in [0.3, 0.4) is 0 Å². The molecule has 0 fully saturated rings. The van der Waals surface area contributed by atoms with Crippen molar-refractivity contribution in [1.82, 2.24) is 9.55 Å². The molecule has 0 aliphatic heterocycles. The van der Waals surface area contributed by atoms with E-state index in [1.807, 2.05) is 10.8 Å². The highest BCUT2D eigenvalue weighted by Crippen LogP contribution is 2.18. The molecule has 1 aromatic heterocycles. The number of aromatic nitrogens is 2. The minimum absolute atomic E-state index is 0.392. The van der Waals surface area contributed by atoms with Crippen molar-refractivity contribution >= 4 is 0 Å². The van der Waals surface area contributed by atoms with Crippen molar-refractivity contribution in [3.63, 3.8) is 0 Å². The van der Waals surface area contributed by atoms with E-state index < -0.39 is 6.10 Å². The van der Waals surface area contributed by atoms with E-state index in [9.17, 15) is 5.11 Å². The van der Waals surface area contributed by atoms with Crippen LogP contribution in [0.2, 0.25) is 0 Å². The third-order valence-corrected chi connectivity index (χ3v) is 2.72. The zero-order chi connectivity index (χ0) is 11.1. The van der Waals surface area contributed by atoms with Crippen LogP contribution in [0.5, 0.6) is 0 Å². The fourth-order valence-corrected chi connectivity index (χ4v) is 1.78. The Kier molecular flexibility index (Phi) is 5.40. The number of aliphatic hydroxyl groups excluding tert-OH is 1.